The van der Waals surface area contributed by atoms with Crippen LogP contribution in [0.4, 0.5) is 8.78 Å². The number of carbonyl (C=O) groups excluding carboxylic acids is 9. The minimum absolute atomic E-state index is 0.0606. The fourth-order valence-corrected chi connectivity index (χ4v) is 13.0. The van der Waals surface area contributed by atoms with Gasteiger partial charge >= 0.3 is 30.9 Å². The second-order valence-electron chi connectivity index (χ2n) is 26.5. The summed E-state index contributed by atoms with van der Waals surface area (Å²) < 4.78 is 75.4. The van der Waals surface area contributed by atoms with E-state index in [2.05, 4.69) is 21.3 Å². The van der Waals surface area contributed by atoms with Crippen LogP contribution in [0.3, 0.4) is 0 Å². The predicted octanol–water partition coefficient (Wildman–Crippen LogP) is 8.08. The number of halogens is 2. The normalized spacial score (nSPS) is 18.3. The third-order valence-corrected chi connectivity index (χ3v) is 19.1. The third-order valence-electron chi connectivity index (χ3n) is 17.3. The molecule has 1 aromatic heterocycles. The average Bonchev–Trinajstić information content (AvgIpc) is 1.18. The molecule has 1 aliphatic heterocycles. The number of piperidine rings is 1. The number of primary amides is 1. The van der Waals surface area contributed by atoms with Crippen molar-refractivity contribution >= 4 is 77.4 Å². The topological polar surface area (TPSA) is 318 Å². The number of alkyl halides is 2. The molecule has 0 saturated carbocycles. The minimum atomic E-state index is -5.61. The number of aromatic nitrogens is 2. The molecule has 4 aromatic carbocycles. The Hall–Kier alpha value is -8.51. The number of ether oxygens (including phenoxy) is 3. The van der Waals surface area contributed by atoms with Gasteiger partial charge in [-0.05, 0) is 163 Å². The predicted molar refractivity (Wildman–Crippen MR) is 346 cm³/mol. The molecule has 510 valence electrons. The summed E-state index contributed by atoms with van der Waals surface area (Å²) in [4.78, 5) is 130. The zero-order valence-corrected chi connectivity index (χ0v) is 55.8. The van der Waals surface area contributed by atoms with E-state index >= 15 is 8.78 Å². The number of rotatable bonds is 28. The summed E-state index contributed by atoms with van der Waals surface area (Å²) in [5.74, 6) is -6.56. The van der Waals surface area contributed by atoms with Crippen LogP contribution in [0.15, 0.2) is 95.8 Å². The van der Waals surface area contributed by atoms with E-state index in [-0.39, 0.29) is 74.8 Å². The molecule has 6 amide bonds. The number of nitrogens with two attached hydrogens (primary N) is 1. The number of esters is 2. The SMILES string of the molecule is C/C(=C\C(=O)N[C@H]1CCc2cccc3c2C(C1=O)[C@H](C(=O)N[C@@H](CCC(N)=O)[C@@H](C)OCc1ccc(CCCNC(=O)CCc2ccc4c(c2)n(C)c(=O)n4C2CCC(=O)NC2=O)cc1)C3)c1ccc(C(F)(F)P(=O)(OCOC(=O)C(C)(C)C)OCOC(=O)C(C)(C)C)cc1. The van der Waals surface area contributed by atoms with Crippen molar-refractivity contribution in [3.8, 4) is 0 Å². The first kappa shape index (κ1) is 72.3. The Labute approximate surface area is 549 Å². The Morgan fingerprint density at radius 1 is 0.789 bits per heavy atom. The standard InChI is InChI=1S/C69H84F2N7O16P/c1-40(45-21-24-48(25-22-45)69(70,71)95(89,93-38-91-64(86)67(3,4)5)94-39-92-65(87)68(6,7)8)34-58(82)74-51-26-23-46-13-10-14-47-36-49(60(59(46)47)61(51)83)62(84)75-50(27-30-55(72)79)41(2)90-37-44-17-15-42(16-18-44)12-11-33-73-56(80)31-20-43-19-28-52-54(35-43)77(9)66(88)78(52)53-29-32-57(81)76-63(53)85/h10,13-19,21-22,24-25,28,34-35,41,49-51,53,60H,11-12,20,23,26-27,29-33,36-39H2,1-9H3,(H2,72,79)(H,73,80)(H,74,82)(H,75,84)(H,76,81,85)/b40-34+/t41-,49-,50+,51+,53?,60?/m1/s1. The van der Waals surface area contributed by atoms with E-state index in [0.29, 0.717) is 54.4 Å². The smallest absolute Gasteiger partial charge is 0.410 e. The van der Waals surface area contributed by atoms with Crippen LogP contribution in [0.25, 0.3) is 16.6 Å². The Kier molecular flexibility index (Phi) is 23.2. The van der Waals surface area contributed by atoms with Crippen molar-refractivity contribution in [1.82, 2.24) is 30.4 Å². The van der Waals surface area contributed by atoms with Crippen LogP contribution < -0.4 is 32.7 Å². The molecule has 1 saturated heterocycles. The first-order chi connectivity index (χ1) is 44.8. The number of aryl methyl sites for hydroxylation is 4. The van der Waals surface area contributed by atoms with Crippen LogP contribution in [0.2, 0.25) is 0 Å². The zero-order valence-electron chi connectivity index (χ0n) is 54.9. The molecule has 6 N–H and O–H groups in total. The average molecular weight is 1340 g/mol. The largest absolute Gasteiger partial charge is 0.438 e. The number of imidazole rings is 1. The quantitative estimate of drug-likeness (QED) is 0.00789. The molecule has 95 heavy (non-hydrogen) atoms. The lowest BCUT2D eigenvalue weighted by Gasteiger charge is -2.28. The monoisotopic (exact) mass is 1340 g/mol. The number of fused-ring (bicyclic) bond motifs is 1. The summed E-state index contributed by atoms with van der Waals surface area (Å²) in [5.41, 5.74) is 4.85. The summed E-state index contributed by atoms with van der Waals surface area (Å²) in [6.07, 6.45) is 3.91. The molecule has 0 spiro atoms. The second kappa shape index (κ2) is 30.5. The van der Waals surface area contributed by atoms with Crippen LogP contribution in [0.5, 0.6) is 0 Å². The van der Waals surface area contributed by atoms with Gasteiger partial charge in [0.15, 0.2) is 5.78 Å². The number of ketones is 1. The lowest BCUT2D eigenvalue weighted by atomic mass is 9.84. The van der Waals surface area contributed by atoms with E-state index in [1.165, 1.54) is 68.9 Å². The Balaban J connectivity index is 0.836. The van der Waals surface area contributed by atoms with Gasteiger partial charge in [-0.25, -0.2) is 4.79 Å². The summed E-state index contributed by atoms with van der Waals surface area (Å²) >= 11 is 0. The first-order valence-corrected chi connectivity index (χ1v) is 33.2. The minimum Gasteiger partial charge on any atom is -0.438 e. The first-order valence-electron chi connectivity index (χ1n) is 31.7. The van der Waals surface area contributed by atoms with Gasteiger partial charge in [0, 0.05) is 44.5 Å². The Bertz CT molecular complexity index is 3850. The van der Waals surface area contributed by atoms with Crippen LogP contribution in [-0.4, -0.2) is 101 Å². The highest BCUT2D eigenvalue weighted by Gasteiger charge is 2.56. The van der Waals surface area contributed by atoms with Crippen molar-refractivity contribution in [1.29, 1.82) is 0 Å². The van der Waals surface area contributed by atoms with E-state index in [1.54, 1.807) is 27.0 Å². The summed E-state index contributed by atoms with van der Waals surface area (Å²) in [6.45, 7) is 10.7. The molecule has 8 rings (SSSR count). The number of benzene rings is 4. The third kappa shape index (κ3) is 17.7. The number of imide groups is 1. The number of hydrogen-bond donors (Lipinski definition) is 5. The van der Waals surface area contributed by atoms with Crippen molar-refractivity contribution in [3.05, 3.63) is 146 Å². The van der Waals surface area contributed by atoms with E-state index < -0.39 is 115 Å². The van der Waals surface area contributed by atoms with Crippen molar-refractivity contribution in [2.75, 3.05) is 20.1 Å². The highest BCUT2D eigenvalue weighted by atomic mass is 31.2. The van der Waals surface area contributed by atoms with Crippen molar-refractivity contribution in [3.63, 3.8) is 0 Å². The van der Waals surface area contributed by atoms with Crippen LogP contribution in [0.1, 0.15) is 157 Å². The molecule has 1 fully saturated rings. The number of allylic oxidation sites excluding steroid dienone is 1. The lowest BCUT2D eigenvalue weighted by molar-refractivity contribution is -0.163. The number of nitrogens with zero attached hydrogens (tertiary/aromatic N) is 2. The number of nitrogens with one attached hydrogen (secondary N) is 4. The van der Waals surface area contributed by atoms with Crippen molar-refractivity contribution < 1.29 is 79.8 Å². The maximum atomic E-state index is 16.3. The molecule has 0 radical (unpaired) electrons. The van der Waals surface area contributed by atoms with Gasteiger partial charge in [0.1, 0.15) is 6.04 Å². The maximum Gasteiger partial charge on any atom is 0.410 e. The fraction of sp³-hybridized carbons (Fsp3) is 0.478. The molecule has 2 heterocycles. The molecule has 0 bridgehead atoms. The van der Waals surface area contributed by atoms with Crippen LogP contribution >= 0.6 is 7.60 Å². The van der Waals surface area contributed by atoms with Gasteiger partial charge in [-0.1, -0.05) is 72.8 Å². The van der Waals surface area contributed by atoms with E-state index in [9.17, 15) is 52.5 Å². The van der Waals surface area contributed by atoms with Crippen LogP contribution in [-0.2, 0) is 116 Å². The van der Waals surface area contributed by atoms with Gasteiger partial charge in [0.2, 0.25) is 49.0 Å². The molecule has 23 nitrogen and oxygen atoms in total. The van der Waals surface area contributed by atoms with Crippen molar-refractivity contribution in [2.24, 2.45) is 29.5 Å². The molecule has 5 aromatic rings. The van der Waals surface area contributed by atoms with Gasteiger partial charge in [-0.2, -0.15) is 8.78 Å². The fourth-order valence-electron chi connectivity index (χ4n) is 11.7. The Morgan fingerprint density at radius 3 is 2.05 bits per heavy atom. The van der Waals surface area contributed by atoms with Crippen LogP contribution in [0, 0.1) is 16.7 Å². The van der Waals surface area contributed by atoms with Gasteiger partial charge in [-0.3, -0.25) is 71.2 Å². The summed E-state index contributed by atoms with van der Waals surface area (Å²) in [6, 6.07) is 20.7. The van der Waals surface area contributed by atoms with E-state index in [0.717, 1.165) is 45.5 Å². The highest BCUT2D eigenvalue weighted by molar-refractivity contribution is 7.54. The van der Waals surface area contributed by atoms with E-state index in [1.807, 2.05) is 54.6 Å². The number of Topliss-reactive ketones (excluding diaryl/α,β-unsaturated/α-hetero) is 1. The Morgan fingerprint density at radius 2 is 1.42 bits per heavy atom. The van der Waals surface area contributed by atoms with Gasteiger partial charge in [0.25, 0.3) is 0 Å². The summed E-state index contributed by atoms with van der Waals surface area (Å²) in [7, 11) is -3.99. The number of amides is 6. The molecule has 3 aliphatic rings. The maximum absolute atomic E-state index is 16.3. The molecule has 2 unspecified atom stereocenters. The van der Waals surface area contributed by atoms with E-state index in [4.69, 9.17) is 29.0 Å². The van der Waals surface area contributed by atoms with Gasteiger partial charge in [0.05, 0.1) is 58.5 Å². The zero-order chi connectivity index (χ0) is 69.3. The molecule has 2 aliphatic carbocycles. The molecular weight excluding hydrogens is 1250 g/mol. The highest BCUT2D eigenvalue weighted by Crippen LogP contribution is 2.67. The molecule has 26 heteroatoms. The van der Waals surface area contributed by atoms with Crippen molar-refractivity contribution in [2.45, 2.75) is 168 Å². The number of hydrogen-bond acceptors (Lipinski definition) is 16. The number of carbonyl (C=O) groups is 9. The second-order valence-corrected chi connectivity index (χ2v) is 28.6. The molecular formula is C69H84F2N7O16P. The van der Waals surface area contributed by atoms with Gasteiger partial charge < -0.3 is 35.9 Å². The lowest BCUT2D eigenvalue weighted by Crippen LogP contribution is -2.49. The summed E-state index contributed by atoms with van der Waals surface area (Å²) in [5, 5.41) is 11.2. The van der Waals surface area contributed by atoms with Gasteiger partial charge in [-0.15, -0.1) is 0 Å². The molecule has 6 atom stereocenters.